The molecule has 3 aromatic rings. The second kappa shape index (κ2) is 5.93. The van der Waals surface area contributed by atoms with Crippen LogP contribution in [0.1, 0.15) is 11.3 Å². The van der Waals surface area contributed by atoms with E-state index in [9.17, 15) is 4.79 Å². The third kappa shape index (κ3) is 3.20. The Bertz CT molecular complexity index is 793. The second-order valence-electron chi connectivity index (χ2n) is 4.62. The van der Waals surface area contributed by atoms with Crippen LogP contribution in [0.4, 0.5) is 0 Å². The molecule has 2 aromatic heterocycles. The van der Waals surface area contributed by atoms with E-state index in [0.29, 0.717) is 17.5 Å². The van der Waals surface area contributed by atoms with Crippen molar-refractivity contribution in [3.05, 3.63) is 75.7 Å². The van der Waals surface area contributed by atoms with Gasteiger partial charge in [-0.3, -0.25) is 9.36 Å². The summed E-state index contributed by atoms with van der Waals surface area (Å²) in [5, 5.41) is 2.59. The van der Waals surface area contributed by atoms with Gasteiger partial charge in [0.15, 0.2) is 5.13 Å². The predicted octanol–water partition coefficient (Wildman–Crippen LogP) is 3.18. The van der Waals surface area contributed by atoms with Crippen molar-refractivity contribution in [1.29, 1.82) is 0 Å². The van der Waals surface area contributed by atoms with Crippen LogP contribution < -0.4 is 10.3 Å². The van der Waals surface area contributed by atoms with E-state index in [1.165, 1.54) is 22.0 Å². The molecule has 21 heavy (non-hydrogen) atoms. The molecule has 5 heteroatoms. The smallest absolute Gasteiger partial charge is 0.260 e. The number of aryl methyl sites for hydroxylation is 1. The number of benzene rings is 1. The van der Waals surface area contributed by atoms with Gasteiger partial charge < -0.3 is 4.74 Å². The first kappa shape index (κ1) is 13.6. The summed E-state index contributed by atoms with van der Waals surface area (Å²) in [4.78, 5) is 16.4. The van der Waals surface area contributed by atoms with Crippen molar-refractivity contribution in [2.75, 3.05) is 0 Å². The molecule has 0 spiro atoms. The highest BCUT2D eigenvalue weighted by Crippen LogP contribution is 2.15. The molecule has 0 amide bonds. The zero-order chi connectivity index (χ0) is 14.7. The summed E-state index contributed by atoms with van der Waals surface area (Å²) in [5.74, 6) is 0.563. The van der Waals surface area contributed by atoms with Crippen molar-refractivity contribution in [1.82, 2.24) is 9.55 Å². The van der Waals surface area contributed by atoms with Gasteiger partial charge in [0, 0.05) is 17.6 Å². The predicted molar refractivity (Wildman–Crippen MR) is 83.2 cm³/mol. The molecule has 0 fully saturated rings. The number of hydrogen-bond donors (Lipinski definition) is 0. The minimum absolute atomic E-state index is 0.144. The van der Waals surface area contributed by atoms with Crippen LogP contribution in [0.25, 0.3) is 5.13 Å². The van der Waals surface area contributed by atoms with Gasteiger partial charge in [-0.15, -0.1) is 11.3 Å². The fourth-order valence-corrected chi connectivity index (χ4v) is 2.69. The first-order valence-electron chi connectivity index (χ1n) is 6.54. The molecule has 3 rings (SSSR count). The Morgan fingerprint density at radius 3 is 2.71 bits per heavy atom. The molecule has 1 aromatic carbocycles. The number of pyridine rings is 1. The number of nitrogens with zero attached hydrogens (tertiary/aromatic N) is 2. The van der Waals surface area contributed by atoms with Gasteiger partial charge in [-0.25, -0.2) is 4.98 Å². The molecule has 4 nitrogen and oxygen atoms in total. The maximum Gasteiger partial charge on any atom is 0.260 e. The lowest BCUT2D eigenvalue weighted by molar-refractivity contribution is 0.305. The normalized spacial score (nSPS) is 10.5. The van der Waals surface area contributed by atoms with E-state index in [1.807, 2.05) is 42.6 Å². The number of hydrogen-bond acceptors (Lipinski definition) is 4. The SMILES string of the molecule is Cc1csc(-n2ccc(OCc3ccccc3)cc2=O)n1. The first-order chi connectivity index (χ1) is 10.2. The lowest BCUT2D eigenvalue weighted by atomic mass is 10.2. The fourth-order valence-electron chi connectivity index (χ4n) is 1.90. The van der Waals surface area contributed by atoms with Gasteiger partial charge in [0.2, 0.25) is 0 Å². The Labute approximate surface area is 126 Å². The Hall–Kier alpha value is -2.40. The van der Waals surface area contributed by atoms with Crippen molar-refractivity contribution in [3.8, 4) is 10.9 Å². The van der Waals surface area contributed by atoms with Crippen LogP contribution in [-0.4, -0.2) is 9.55 Å². The summed E-state index contributed by atoms with van der Waals surface area (Å²) in [5.41, 5.74) is 1.83. The highest BCUT2D eigenvalue weighted by Gasteiger charge is 2.05. The van der Waals surface area contributed by atoms with Gasteiger partial charge >= 0.3 is 0 Å². The molecule has 0 radical (unpaired) electrons. The topological polar surface area (TPSA) is 44.1 Å². The van der Waals surface area contributed by atoms with Gasteiger partial charge in [-0.05, 0) is 18.6 Å². The molecular formula is C16H14N2O2S. The van der Waals surface area contributed by atoms with Crippen LogP contribution in [0.15, 0.2) is 58.8 Å². The Balaban J connectivity index is 1.77. The summed E-state index contributed by atoms with van der Waals surface area (Å²) in [6, 6.07) is 13.1. The maximum atomic E-state index is 12.1. The lowest BCUT2D eigenvalue weighted by Crippen LogP contribution is -2.16. The quantitative estimate of drug-likeness (QED) is 0.743. The van der Waals surface area contributed by atoms with Crippen LogP contribution in [0.2, 0.25) is 0 Å². The van der Waals surface area contributed by atoms with Crippen molar-refractivity contribution >= 4 is 11.3 Å². The van der Waals surface area contributed by atoms with Crippen LogP contribution in [0.3, 0.4) is 0 Å². The minimum atomic E-state index is -0.144. The van der Waals surface area contributed by atoms with Crippen LogP contribution in [0, 0.1) is 6.92 Å². The van der Waals surface area contributed by atoms with Crippen molar-refractivity contribution in [2.24, 2.45) is 0 Å². The van der Waals surface area contributed by atoms with Crippen molar-refractivity contribution < 1.29 is 4.74 Å². The monoisotopic (exact) mass is 298 g/mol. The standard InChI is InChI=1S/C16H14N2O2S/c1-12-11-21-16(17-12)18-8-7-14(9-15(18)19)20-10-13-5-3-2-4-6-13/h2-9,11H,10H2,1H3. The van der Waals surface area contributed by atoms with Crippen molar-refractivity contribution in [2.45, 2.75) is 13.5 Å². The molecule has 0 saturated heterocycles. The Kier molecular flexibility index (Phi) is 3.83. The van der Waals surface area contributed by atoms with Gasteiger partial charge in [0.05, 0.1) is 5.69 Å². The molecule has 106 valence electrons. The number of ether oxygens (including phenoxy) is 1. The van der Waals surface area contributed by atoms with Crippen LogP contribution >= 0.6 is 11.3 Å². The maximum absolute atomic E-state index is 12.1. The zero-order valence-corrected chi connectivity index (χ0v) is 12.3. The summed E-state index contributed by atoms with van der Waals surface area (Å²) < 4.78 is 7.16. The van der Waals surface area contributed by atoms with Gasteiger partial charge in [0.1, 0.15) is 12.4 Å². The third-order valence-corrected chi connectivity index (χ3v) is 3.91. The molecule has 0 aliphatic rings. The molecule has 0 bridgehead atoms. The summed E-state index contributed by atoms with van der Waals surface area (Å²) >= 11 is 1.44. The third-order valence-electron chi connectivity index (χ3n) is 2.95. The van der Waals surface area contributed by atoms with E-state index in [4.69, 9.17) is 4.74 Å². The Morgan fingerprint density at radius 2 is 2.05 bits per heavy atom. The van der Waals surface area contributed by atoms with E-state index in [1.54, 1.807) is 12.3 Å². The second-order valence-corrected chi connectivity index (χ2v) is 5.45. The average Bonchev–Trinajstić information content (AvgIpc) is 2.92. The molecule has 0 aliphatic carbocycles. The molecule has 0 saturated carbocycles. The van der Waals surface area contributed by atoms with Gasteiger partial charge in [0.25, 0.3) is 5.56 Å². The van der Waals surface area contributed by atoms with Gasteiger partial charge in [-0.1, -0.05) is 30.3 Å². The minimum Gasteiger partial charge on any atom is -0.489 e. The zero-order valence-electron chi connectivity index (χ0n) is 11.5. The van der Waals surface area contributed by atoms with Crippen molar-refractivity contribution in [3.63, 3.8) is 0 Å². The largest absolute Gasteiger partial charge is 0.489 e. The highest BCUT2D eigenvalue weighted by molar-refractivity contribution is 7.12. The molecular weight excluding hydrogens is 284 g/mol. The molecule has 0 aliphatic heterocycles. The molecule has 0 unspecified atom stereocenters. The highest BCUT2D eigenvalue weighted by atomic mass is 32.1. The number of aromatic nitrogens is 2. The van der Waals surface area contributed by atoms with Crippen LogP contribution in [0.5, 0.6) is 5.75 Å². The lowest BCUT2D eigenvalue weighted by Gasteiger charge is -2.07. The first-order valence-corrected chi connectivity index (χ1v) is 7.42. The Morgan fingerprint density at radius 1 is 1.24 bits per heavy atom. The summed E-state index contributed by atoms with van der Waals surface area (Å²) in [6.07, 6.45) is 1.70. The van der Waals surface area contributed by atoms with Crippen LogP contribution in [-0.2, 0) is 6.61 Å². The molecule has 0 N–H and O–H groups in total. The number of thiazole rings is 1. The molecule has 0 atom stereocenters. The van der Waals surface area contributed by atoms with E-state index in [2.05, 4.69) is 4.98 Å². The van der Waals surface area contributed by atoms with Gasteiger partial charge in [-0.2, -0.15) is 0 Å². The van der Waals surface area contributed by atoms with E-state index < -0.39 is 0 Å². The van der Waals surface area contributed by atoms with E-state index in [0.717, 1.165) is 11.3 Å². The number of rotatable bonds is 4. The fraction of sp³-hybridized carbons (Fsp3) is 0.125. The summed E-state index contributed by atoms with van der Waals surface area (Å²) in [7, 11) is 0. The average molecular weight is 298 g/mol. The van der Waals surface area contributed by atoms with E-state index in [-0.39, 0.29) is 5.56 Å². The van der Waals surface area contributed by atoms with E-state index >= 15 is 0 Å². The summed E-state index contributed by atoms with van der Waals surface area (Å²) in [6.45, 7) is 2.35. The molecule has 2 heterocycles.